The first-order chi connectivity index (χ1) is 9.84. The van der Waals surface area contributed by atoms with E-state index >= 15 is 0 Å². The Morgan fingerprint density at radius 2 is 1.90 bits per heavy atom. The van der Waals surface area contributed by atoms with Crippen LogP contribution in [0, 0.1) is 11.8 Å². The van der Waals surface area contributed by atoms with Gasteiger partial charge in [0.1, 0.15) is 12.1 Å². The van der Waals surface area contributed by atoms with Crippen LogP contribution in [0.25, 0.3) is 0 Å². The number of thiophene rings is 1. The molecule has 2 amide bonds. The second-order valence-corrected chi connectivity index (χ2v) is 7.34. The third-order valence-corrected chi connectivity index (χ3v) is 4.99. The standard InChI is InChI=1S/C16H24N2O2S/c1-9(2)13-16(20)18(11(5)15(19)17-13)14(10(3)4)12-7-6-8-21-12/h6-11,13-14H,1-5H3,(H,17,19). The van der Waals surface area contributed by atoms with Crippen molar-refractivity contribution in [3.8, 4) is 0 Å². The zero-order valence-electron chi connectivity index (χ0n) is 13.3. The van der Waals surface area contributed by atoms with Gasteiger partial charge in [-0.05, 0) is 30.2 Å². The number of piperazine rings is 1. The average molecular weight is 308 g/mol. The molecule has 1 aromatic heterocycles. The van der Waals surface area contributed by atoms with Gasteiger partial charge in [0.25, 0.3) is 0 Å². The predicted octanol–water partition coefficient (Wildman–Crippen LogP) is 2.82. The minimum absolute atomic E-state index is 0.0317. The monoisotopic (exact) mass is 308 g/mol. The van der Waals surface area contributed by atoms with Crippen molar-refractivity contribution in [1.82, 2.24) is 10.2 Å². The number of nitrogens with zero attached hydrogens (tertiary/aromatic N) is 1. The lowest BCUT2D eigenvalue weighted by Gasteiger charge is -2.44. The van der Waals surface area contributed by atoms with Crippen molar-refractivity contribution in [2.75, 3.05) is 0 Å². The van der Waals surface area contributed by atoms with Gasteiger partial charge in [-0.15, -0.1) is 11.3 Å². The average Bonchev–Trinajstić information content (AvgIpc) is 2.91. The van der Waals surface area contributed by atoms with Crippen LogP contribution in [0.1, 0.15) is 45.5 Å². The molecule has 0 bridgehead atoms. The molecule has 5 heteroatoms. The summed E-state index contributed by atoms with van der Waals surface area (Å²) in [4.78, 5) is 28.1. The van der Waals surface area contributed by atoms with Gasteiger partial charge in [-0.3, -0.25) is 9.59 Å². The lowest BCUT2D eigenvalue weighted by molar-refractivity contribution is -0.154. The first kappa shape index (κ1) is 16.0. The molecule has 0 radical (unpaired) electrons. The molecule has 0 saturated carbocycles. The van der Waals surface area contributed by atoms with Gasteiger partial charge < -0.3 is 10.2 Å². The van der Waals surface area contributed by atoms with E-state index in [1.807, 2.05) is 38.3 Å². The van der Waals surface area contributed by atoms with Gasteiger partial charge in [-0.25, -0.2) is 0 Å². The summed E-state index contributed by atoms with van der Waals surface area (Å²) in [5.41, 5.74) is 0. The summed E-state index contributed by atoms with van der Waals surface area (Å²) in [5.74, 6) is 0.320. The topological polar surface area (TPSA) is 49.4 Å². The Balaban J connectivity index is 2.41. The van der Waals surface area contributed by atoms with Crippen molar-refractivity contribution in [3.05, 3.63) is 22.4 Å². The molecular formula is C16H24N2O2S. The number of hydrogen-bond donors (Lipinski definition) is 1. The molecule has 21 heavy (non-hydrogen) atoms. The van der Waals surface area contributed by atoms with E-state index in [-0.39, 0.29) is 29.7 Å². The number of nitrogens with one attached hydrogen (secondary N) is 1. The molecular weight excluding hydrogens is 284 g/mol. The molecule has 1 N–H and O–H groups in total. The van der Waals surface area contributed by atoms with E-state index in [2.05, 4.69) is 19.2 Å². The second-order valence-electron chi connectivity index (χ2n) is 6.36. The van der Waals surface area contributed by atoms with Crippen molar-refractivity contribution < 1.29 is 9.59 Å². The van der Waals surface area contributed by atoms with Crippen LogP contribution in [0.2, 0.25) is 0 Å². The Labute approximate surface area is 130 Å². The number of carbonyl (C=O) groups is 2. The highest BCUT2D eigenvalue weighted by molar-refractivity contribution is 7.10. The van der Waals surface area contributed by atoms with Gasteiger partial charge in [0.2, 0.25) is 11.8 Å². The fourth-order valence-electron chi connectivity index (χ4n) is 2.89. The van der Waals surface area contributed by atoms with Crippen molar-refractivity contribution in [1.29, 1.82) is 0 Å². The van der Waals surface area contributed by atoms with E-state index in [4.69, 9.17) is 0 Å². The molecule has 2 heterocycles. The number of carbonyl (C=O) groups excluding carboxylic acids is 2. The van der Waals surface area contributed by atoms with Crippen molar-refractivity contribution >= 4 is 23.2 Å². The van der Waals surface area contributed by atoms with Crippen LogP contribution in [-0.4, -0.2) is 28.8 Å². The maximum atomic E-state index is 12.9. The fourth-order valence-corrected chi connectivity index (χ4v) is 3.89. The van der Waals surface area contributed by atoms with E-state index < -0.39 is 12.1 Å². The Kier molecular flexibility index (Phi) is 4.71. The number of amides is 2. The smallest absolute Gasteiger partial charge is 0.246 e. The molecule has 3 unspecified atom stereocenters. The van der Waals surface area contributed by atoms with Crippen LogP contribution in [0.4, 0.5) is 0 Å². The van der Waals surface area contributed by atoms with Gasteiger partial charge in [-0.2, -0.15) is 0 Å². The second kappa shape index (κ2) is 6.18. The van der Waals surface area contributed by atoms with Crippen LogP contribution in [0.15, 0.2) is 17.5 Å². The Hall–Kier alpha value is -1.36. The minimum atomic E-state index is -0.429. The lowest BCUT2D eigenvalue weighted by atomic mass is 9.92. The minimum Gasteiger partial charge on any atom is -0.342 e. The fraction of sp³-hybridized carbons (Fsp3) is 0.625. The highest BCUT2D eigenvalue weighted by atomic mass is 32.1. The summed E-state index contributed by atoms with van der Waals surface area (Å²) in [5, 5.41) is 4.88. The molecule has 2 rings (SSSR count). The van der Waals surface area contributed by atoms with E-state index in [1.54, 1.807) is 16.2 Å². The predicted molar refractivity (Wildman–Crippen MR) is 85.0 cm³/mol. The molecule has 0 spiro atoms. The summed E-state index contributed by atoms with van der Waals surface area (Å²) in [6.07, 6.45) is 0. The summed E-state index contributed by atoms with van der Waals surface area (Å²) in [6.45, 7) is 9.94. The lowest BCUT2D eigenvalue weighted by Crippen LogP contribution is -2.64. The zero-order valence-corrected chi connectivity index (χ0v) is 14.1. The maximum absolute atomic E-state index is 12.9. The number of hydrogen-bond acceptors (Lipinski definition) is 3. The Morgan fingerprint density at radius 3 is 2.38 bits per heavy atom. The highest BCUT2D eigenvalue weighted by Gasteiger charge is 2.44. The summed E-state index contributed by atoms with van der Waals surface area (Å²) < 4.78 is 0. The van der Waals surface area contributed by atoms with E-state index in [9.17, 15) is 9.59 Å². The normalized spacial score (nSPS) is 24.6. The van der Waals surface area contributed by atoms with Crippen LogP contribution in [0.5, 0.6) is 0 Å². The molecule has 1 fully saturated rings. The first-order valence-corrected chi connectivity index (χ1v) is 8.38. The van der Waals surface area contributed by atoms with E-state index in [0.717, 1.165) is 4.88 Å². The molecule has 0 aromatic carbocycles. The quantitative estimate of drug-likeness (QED) is 0.930. The Bertz CT molecular complexity index is 510. The molecule has 4 nitrogen and oxygen atoms in total. The van der Waals surface area contributed by atoms with Gasteiger partial charge in [-0.1, -0.05) is 33.8 Å². The van der Waals surface area contributed by atoms with Crippen molar-refractivity contribution in [2.45, 2.75) is 52.7 Å². The molecule has 1 aliphatic rings. The van der Waals surface area contributed by atoms with Crippen molar-refractivity contribution in [3.63, 3.8) is 0 Å². The van der Waals surface area contributed by atoms with E-state index in [0.29, 0.717) is 0 Å². The first-order valence-electron chi connectivity index (χ1n) is 7.50. The van der Waals surface area contributed by atoms with Gasteiger partial charge in [0.15, 0.2) is 0 Å². The van der Waals surface area contributed by atoms with Gasteiger partial charge in [0, 0.05) is 4.88 Å². The molecule has 3 atom stereocenters. The molecule has 1 saturated heterocycles. The summed E-state index contributed by atoms with van der Waals surface area (Å²) >= 11 is 1.64. The van der Waals surface area contributed by atoms with Crippen LogP contribution in [-0.2, 0) is 9.59 Å². The van der Waals surface area contributed by atoms with Crippen LogP contribution in [0.3, 0.4) is 0 Å². The zero-order chi connectivity index (χ0) is 15.7. The number of rotatable bonds is 4. The highest BCUT2D eigenvalue weighted by Crippen LogP contribution is 2.35. The summed E-state index contributed by atoms with van der Waals surface area (Å²) in [7, 11) is 0. The van der Waals surface area contributed by atoms with E-state index in [1.165, 1.54) is 0 Å². The van der Waals surface area contributed by atoms with Crippen LogP contribution >= 0.6 is 11.3 Å². The Morgan fingerprint density at radius 1 is 1.24 bits per heavy atom. The molecule has 1 aromatic rings. The van der Waals surface area contributed by atoms with Crippen LogP contribution < -0.4 is 5.32 Å². The SMILES string of the molecule is CC(C)C1NC(=O)C(C)N(C(c2cccs2)C(C)C)C1=O. The largest absolute Gasteiger partial charge is 0.342 e. The van der Waals surface area contributed by atoms with Gasteiger partial charge in [0.05, 0.1) is 6.04 Å². The molecule has 0 aliphatic carbocycles. The third kappa shape index (κ3) is 2.98. The summed E-state index contributed by atoms with van der Waals surface area (Å²) in [6, 6.07) is 3.15. The molecule has 116 valence electrons. The van der Waals surface area contributed by atoms with Gasteiger partial charge >= 0.3 is 0 Å². The molecule has 1 aliphatic heterocycles. The van der Waals surface area contributed by atoms with Crippen molar-refractivity contribution in [2.24, 2.45) is 11.8 Å². The maximum Gasteiger partial charge on any atom is 0.246 e. The third-order valence-electron chi connectivity index (χ3n) is 4.05.